The molecule has 0 amide bonds. The molecule has 0 saturated heterocycles. The van der Waals surface area contributed by atoms with Gasteiger partial charge in [-0.1, -0.05) is 23.4 Å². The van der Waals surface area contributed by atoms with E-state index in [9.17, 15) is 28.1 Å². The number of ether oxygens (including phenoxy) is 1. The van der Waals surface area contributed by atoms with Crippen LogP contribution in [0.15, 0.2) is 46.2 Å². The van der Waals surface area contributed by atoms with Crippen molar-refractivity contribution in [2.24, 2.45) is 0 Å². The van der Waals surface area contributed by atoms with E-state index in [0.29, 0.717) is 22.7 Å². The molecule has 0 aromatic heterocycles. The first-order valence-corrected chi connectivity index (χ1v) is 7.74. The van der Waals surface area contributed by atoms with Crippen molar-refractivity contribution in [3.8, 4) is 0 Å². The third kappa shape index (κ3) is 4.43. The highest BCUT2D eigenvalue weighted by Crippen LogP contribution is 2.45. The van der Waals surface area contributed by atoms with Crippen LogP contribution in [-0.2, 0) is 10.9 Å². The second-order valence-corrected chi connectivity index (χ2v) is 6.17. The Labute approximate surface area is 148 Å². The van der Waals surface area contributed by atoms with E-state index in [1.165, 1.54) is 31.4 Å². The van der Waals surface area contributed by atoms with Crippen molar-refractivity contribution in [2.45, 2.75) is 16.0 Å². The number of non-ortho nitro benzene ring substituents is 1. The van der Waals surface area contributed by atoms with Crippen LogP contribution < -0.4 is 0 Å². The Kier molecular flexibility index (Phi) is 5.58. The van der Waals surface area contributed by atoms with Crippen molar-refractivity contribution < 1.29 is 27.6 Å². The van der Waals surface area contributed by atoms with Crippen molar-refractivity contribution in [1.82, 2.24) is 0 Å². The number of esters is 1. The summed E-state index contributed by atoms with van der Waals surface area (Å²) in [5.41, 5.74) is -1.71. The Bertz CT molecular complexity index is 825. The summed E-state index contributed by atoms with van der Waals surface area (Å²) in [6.45, 7) is 0. The number of nitro benzene ring substituents is 1. The third-order valence-electron chi connectivity index (χ3n) is 3.04. The molecule has 2 aromatic rings. The lowest BCUT2D eigenvalue weighted by atomic mass is 10.2. The molecule has 10 heteroatoms. The topological polar surface area (TPSA) is 69.4 Å². The van der Waals surface area contributed by atoms with Crippen LogP contribution in [0.2, 0.25) is 5.02 Å². The van der Waals surface area contributed by atoms with E-state index in [-0.39, 0.29) is 15.5 Å². The number of nitrogens with zero attached hydrogens (tertiary/aromatic N) is 1. The van der Waals surface area contributed by atoms with Gasteiger partial charge in [0.05, 0.1) is 28.2 Å². The second kappa shape index (κ2) is 7.32. The summed E-state index contributed by atoms with van der Waals surface area (Å²) in [6.07, 6.45) is -4.82. The lowest BCUT2D eigenvalue weighted by Gasteiger charge is -2.14. The van der Waals surface area contributed by atoms with Gasteiger partial charge in [0, 0.05) is 21.9 Å². The Morgan fingerprint density at radius 3 is 2.32 bits per heavy atom. The molecule has 25 heavy (non-hydrogen) atoms. The summed E-state index contributed by atoms with van der Waals surface area (Å²) in [4.78, 5) is 21.2. The van der Waals surface area contributed by atoms with E-state index in [4.69, 9.17) is 11.6 Å². The van der Waals surface area contributed by atoms with Crippen LogP contribution in [0.4, 0.5) is 18.9 Å². The monoisotopic (exact) mass is 391 g/mol. The number of nitro groups is 1. The first-order valence-electron chi connectivity index (χ1n) is 6.55. The Hall–Kier alpha value is -2.26. The Morgan fingerprint density at radius 2 is 1.84 bits per heavy atom. The van der Waals surface area contributed by atoms with E-state index in [2.05, 4.69) is 4.74 Å². The third-order valence-corrected chi connectivity index (χ3v) is 4.60. The van der Waals surface area contributed by atoms with E-state index >= 15 is 0 Å². The molecule has 0 unspecified atom stereocenters. The Balaban J connectivity index is 2.45. The number of carbonyl (C=O) groups excluding carboxylic acids is 1. The van der Waals surface area contributed by atoms with Gasteiger partial charge in [-0.05, 0) is 24.3 Å². The summed E-state index contributed by atoms with van der Waals surface area (Å²) in [7, 11) is 1.21. The number of methoxy groups -OCH3 is 1. The van der Waals surface area contributed by atoms with Crippen LogP contribution in [0.5, 0.6) is 0 Å². The minimum atomic E-state index is -4.82. The standard InChI is InChI=1S/C15H9ClF3NO4S/c1-24-14(21)8-2-4-10(5-3-8)25-13-11(15(17,18)19)6-9(20(22)23)7-12(13)16/h2-7H,1H3. The number of carbonyl (C=O) groups is 1. The predicted molar refractivity (Wildman–Crippen MR) is 85.0 cm³/mol. The average Bonchev–Trinajstić information content (AvgIpc) is 2.55. The fraction of sp³-hybridized carbons (Fsp3) is 0.133. The molecular formula is C15H9ClF3NO4S. The van der Waals surface area contributed by atoms with Crippen molar-refractivity contribution in [3.05, 3.63) is 62.7 Å². The Morgan fingerprint density at radius 1 is 1.24 bits per heavy atom. The van der Waals surface area contributed by atoms with Gasteiger partial charge in [0.2, 0.25) is 0 Å². The van der Waals surface area contributed by atoms with Gasteiger partial charge in [0.15, 0.2) is 0 Å². The van der Waals surface area contributed by atoms with Crippen LogP contribution in [0.25, 0.3) is 0 Å². The normalized spacial score (nSPS) is 11.2. The van der Waals surface area contributed by atoms with Gasteiger partial charge in [-0.2, -0.15) is 13.2 Å². The zero-order valence-electron chi connectivity index (χ0n) is 12.5. The number of rotatable bonds is 4. The molecule has 5 nitrogen and oxygen atoms in total. The van der Waals surface area contributed by atoms with Crippen molar-refractivity contribution in [1.29, 1.82) is 0 Å². The minimum absolute atomic E-state index is 0.234. The maximum Gasteiger partial charge on any atom is 0.417 e. The first-order chi connectivity index (χ1) is 11.6. The highest BCUT2D eigenvalue weighted by atomic mass is 35.5. The van der Waals surface area contributed by atoms with Crippen LogP contribution in [-0.4, -0.2) is 18.0 Å². The highest BCUT2D eigenvalue weighted by molar-refractivity contribution is 7.99. The zero-order chi connectivity index (χ0) is 18.8. The second-order valence-electron chi connectivity index (χ2n) is 4.68. The van der Waals surface area contributed by atoms with Gasteiger partial charge < -0.3 is 4.74 Å². The van der Waals surface area contributed by atoms with E-state index < -0.39 is 28.3 Å². The molecule has 132 valence electrons. The molecule has 0 atom stereocenters. The molecule has 0 spiro atoms. The number of alkyl halides is 3. The molecule has 0 bridgehead atoms. The summed E-state index contributed by atoms with van der Waals surface area (Å²) in [5, 5.41) is 10.4. The lowest BCUT2D eigenvalue weighted by Crippen LogP contribution is -2.08. The highest BCUT2D eigenvalue weighted by Gasteiger charge is 2.36. The van der Waals surface area contributed by atoms with Crippen LogP contribution in [0.3, 0.4) is 0 Å². The molecular weight excluding hydrogens is 383 g/mol. The molecule has 2 rings (SSSR count). The first kappa shape index (κ1) is 19.1. The summed E-state index contributed by atoms with van der Waals surface area (Å²) >= 11 is 6.53. The quantitative estimate of drug-likeness (QED) is 0.407. The van der Waals surface area contributed by atoms with Crippen LogP contribution in [0.1, 0.15) is 15.9 Å². The van der Waals surface area contributed by atoms with Crippen molar-refractivity contribution >= 4 is 35.0 Å². The van der Waals surface area contributed by atoms with Crippen molar-refractivity contribution in [2.75, 3.05) is 7.11 Å². The SMILES string of the molecule is COC(=O)c1ccc(Sc2c(Cl)cc([N+](=O)[O-])cc2C(F)(F)F)cc1. The van der Waals surface area contributed by atoms with Crippen molar-refractivity contribution in [3.63, 3.8) is 0 Å². The minimum Gasteiger partial charge on any atom is -0.465 e. The maximum atomic E-state index is 13.2. The van der Waals surface area contributed by atoms with Gasteiger partial charge in [0.25, 0.3) is 5.69 Å². The van der Waals surface area contributed by atoms with Gasteiger partial charge >= 0.3 is 12.1 Å². The van der Waals surface area contributed by atoms with Crippen LogP contribution >= 0.6 is 23.4 Å². The fourth-order valence-corrected chi connectivity index (χ4v) is 3.17. The van der Waals surface area contributed by atoms with Crippen LogP contribution in [0, 0.1) is 10.1 Å². The zero-order valence-corrected chi connectivity index (χ0v) is 14.0. The number of hydrogen-bond acceptors (Lipinski definition) is 5. The molecule has 0 saturated carbocycles. The number of hydrogen-bond donors (Lipinski definition) is 0. The molecule has 0 heterocycles. The summed E-state index contributed by atoms with van der Waals surface area (Å²) < 4.78 is 44.2. The largest absolute Gasteiger partial charge is 0.465 e. The molecule has 2 aromatic carbocycles. The molecule has 0 radical (unpaired) electrons. The smallest absolute Gasteiger partial charge is 0.417 e. The molecule has 0 fully saturated rings. The summed E-state index contributed by atoms with van der Waals surface area (Å²) in [5.74, 6) is -0.583. The molecule has 0 aliphatic rings. The number of halogens is 4. The van der Waals surface area contributed by atoms with Gasteiger partial charge in [-0.25, -0.2) is 4.79 Å². The van der Waals surface area contributed by atoms with Gasteiger partial charge in [-0.15, -0.1) is 0 Å². The van der Waals surface area contributed by atoms with E-state index in [0.717, 1.165) is 6.07 Å². The summed E-state index contributed by atoms with van der Waals surface area (Å²) in [6, 6.07) is 6.93. The maximum absolute atomic E-state index is 13.2. The molecule has 0 aliphatic heterocycles. The average molecular weight is 392 g/mol. The fourth-order valence-electron chi connectivity index (χ4n) is 1.89. The van der Waals surface area contributed by atoms with E-state index in [1.54, 1.807) is 0 Å². The predicted octanol–water partition coefficient (Wildman–Crippen LogP) is 5.20. The van der Waals surface area contributed by atoms with Gasteiger partial charge in [-0.3, -0.25) is 10.1 Å². The molecule has 0 aliphatic carbocycles. The van der Waals surface area contributed by atoms with E-state index in [1.807, 2.05) is 0 Å². The lowest BCUT2D eigenvalue weighted by molar-refractivity contribution is -0.385. The number of benzene rings is 2. The van der Waals surface area contributed by atoms with Gasteiger partial charge in [0.1, 0.15) is 0 Å². The molecule has 0 N–H and O–H groups in total.